The fourth-order valence-electron chi connectivity index (χ4n) is 4.16. The van der Waals surface area contributed by atoms with Crippen LogP contribution in [0.2, 0.25) is 0 Å². The lowest BCUT2D eigenvalue weighted by Gasteiger charge is -2.23. The number of hydrogen-bond acceptors (Lipinski definition) is 9. The number of thiazole rings is 1. The predicted octanol–water partition coefficient (Wildman–Crippen LogP) is 3.44. The molecule has 1 atom stereocenters. The van der Waals surface area contributed by atoms with Crippen molar-refractivity contribution in [1.82, 2.24) is 4.57 Å². The Morgan fingerprint density at radius 2 is 1.79 bits per heavy atom. The second kappa shape index (κ2) is 12.0. The van der Waals surface area contributed by atoms with Crippen LogP contribution in [0.4, 0.5) is 0 Å². The Labute approximate surface area is 237 Å². The van der Waals surface area contributed by atoms with E-state index in [4.69, 9.17) is 23.7 Å². The number of aromatic nitrogens is 1. The van der Waals surface area contributed by atoms with Gasteiger partial charge in [-0.15, -0.1) is 0 Å². The van der Waals surface area contributed by atoms with Gasteiger partial charge in [0.05, 0.1) is 54.3 Å². The van der Waals surface area contributed by atoms with E-state index in [1.807, 2.05) is 26.0 Å². The van der Waals surface area contributed by atoms with Crippen LogP contribution in [-0.4, -0.2) is 45.1 Å². The lowest BCUT2D eigenvalue weighted by molar-refractivity contribution is -0.136. The van der Waals surface area contributed by atoms with Gasteiger partial charge in [-0.2, -0.15) is 0 Å². The van der Waals surface area contributed by atoms with Gasteiger partial charge in [0.1, 0.15) is 0 Å². The molecular weight excluding hydrogens is 623 g/mol. The van der Waals surface area contributed by atoms with Gasteiger partial charge in [-0.25, -0.2) is 9.79 Å². The van der Waals surface area contributed by atoms with E-state index >= 15 is 0 Å². The minimum absolute atomic E-state index is 0.235. The number of carbonyl (C=O) groups is 1. The molecule has 2 heterocycles. The normalized spacial score (nSPS) is 14.7. The fourth-order valence-corrected chi connectivity index (χ4v) is 5.97. The maximum atomic E-state index is 13.8. The third kappa shape index (κ3) is 5.30. The van der Waals surface area contributed by atoms with E-state index in [0.717, 1.165) is 9.13 Å². The molecule has 3 aromatic rings. The van der Waals surface area contributed by atoms with Gasteiger partial charge in [-0.3, -0.25) is 9.36 Å². The van der Waals surface area contributed by atoms with E-state index in [9.17, 15) is 9.59 Å². The third-order valence-corrected chi connectivity index (χ3v) is 7.56. The van der Waals surface area contributed by atoms with Gasteiger partial charge in [0.15, 0.2) is 27.8 Å². The van der Waals surface area contributed by atoms with Crippen molar-refractivity contribution in [1.29, 1.82) is 0 Å². The molecule has 0 radical (unpaired) electrons. The molecule has 0 saturated heterocycles. The van der Waals surface area contributed by atoms with E-state index in [1.165, 1.54) is 29.2 Å². The molecular formula is C27H27IN2O7S. The molecule has 0 aliphatic carbocycles. The van der Waals surface area contributed by atoms with Crippen LogP contribution in [0.3, 0.4) is 0 Å². The topological polar surface area (TPSA) is 97.6 Å². The average Bonchev–Trinajstić information content (AvgIpc) is 3.23. The van der Waals surface area contributed by atoms with Gasteiger partial charge in [-0.05, 0) is 77.9 Å². The van der Waals surface area contributed by atoms with Crippen molar-refractivity contribution in [3.8, 4) is 23.0 Å². The molecule has 200 valence electrons. The van der Waals surface area contributed by atoms with E-state index in [-0.39, 0.29) is 11.1 Å². The molecule has 0 amide bonds. The first-order valence-corrected chi connectivity index (χ1v) is 13.7. The number of halogens is 1. The van der Waals surface area contributed by atoms with Crippen LogP contribution in [0.15, 0.2) is 51.9 Å². The summed E-state index contributed by atoms with van der Waals surface area (Å²) >= 11 is 3.39. The van der Waals surface area contributed by atoms with Gasteiger partial charge in [0.25, 0.3) is 5.56 Å². The summed E-state index contributed by atoms with van der Waals surface area (Å²) in [5.41, 5.74) is 1.38. The summed E-state index contributed by atoms with van der Waals surface area (Å²) < 4.78 is 30.2. The number of ether oxygens (including phenoxy) is 5. The van der Waals surface area contributed by atoms with Gasteiger partial charge in [0, 0.05) is 6.20 Å². The van der Waals surface area contributed by atoms with Gasteiger partial charge >= 0.3 is 5.97 Å². The van der Waals surface area contributed by atoms with Crippen LogP contribution < -0.4 is 33.8 Å². The highest BCUT2D eigenvalue weighted by Crippen LogP contribution is 2.36. The van der Waals surface area contributed by atoms with Crippen molar-refractivity contribution in [2.45, 2.75) is 19.9 Å². The molecule has 1 aromatic heterocycles. The number of fused-ring (bicyclic) bond motifs is 1. The molecule has 11 heteroatoms. The second-order valence-corrected chi connectivity index (χ2v) is 10.2. The van der Waals surface area contributed by atoms with Crippen molar-refractivity contribution < 1.29 is 28.5 Å². The lowest BCUT2D eigenvalue weighted by atomic mass is 9.97. The van der Waals surface area contributed by atoms with Crippen LogP contribution in [0.1, 0.15) is 31.0 Å². The van der Waals surface area contributed by atoms with Gasteiger partial charge in [-0.1, -0.05) is 17.4 Å². The summed E-state index contributed by atoms with van der Waals surface area (Å²) in [5, 5.41) is 0. The smallest absolute Gasteiger partial charge is 0.337 e. The first-order chi connectivity index (χ1) is 18.4. The zero-order valence-electron chi connectivity index (χ0n) is 21.6. The Balaban J connectivity index is 1.91. The maximum Gasteiger partial charge on any atom is 0.337 e. The fraction of sp³-hybridized carbons (Fsp3) is 0.296. The molecule has 4 rings (SSSR count). The molecule has 0 N–H and O–H groups in total. The number of methoxy groups -OCH3 is 3. The summed E-state index contributed by atoms with van der Waals surface area (Å²) in [5.74, 6) is 1.71. The van der Waals surface area contributed by atoms with Gasteiger partial charge < -0.3 is 23.7 Å². The Bertz CT molecular complexity index is 1580. The molecule has 0 fully saturated rings. The Morgan fingerprint density at radius 3 is 2.45 bits per heavy atom. The van der Waals surface area contributed by atoms with Crippen LogP contribution in [0, 0.1) is 3.57 Å². The Morgan fingerprint density at radius 1 is 1.05 bits per heavy atom. The second-order valence-electron chi connectivity index (χ2n) is 7.99. The van der Waals surface area contributed by atoms with Crippen molar-refractivity contribution >= 4 is 46.0 Å². The minimum Gasteiger partial charge on any atom is -0.493 e. The van der Waals surface area contributed by atoms with Crippen LogP contribution in [0.25, 0.3) is 6.08 Å². The molecule has 0 spiro atoms. The van der Waals surface area contributed by atoms with Crippen LogP contribution >= 0.6 is 33.9 Å². The van der Waals surface area contributed by atoms with Crippen molar-refractivity contribution in [3.63, 3.8) is 0 Å². The molecule has 0 saturated carbocycles. The maximum absolute atomic E-state index is 13.8. The number of benzene rings is 2. The Hall–Kier alpha value is -3.32. The zero-order valence-corrected chi connectivity index (χ0v) is 24.5. The highest BCUT2D eigenvalue weighted by molar-refractivity contribution is 14.1. The number of esters is 1. The summed E-state index contributed by atoms with van der Waals surface area (Å²) in [7, 11) is 4.44. The van der Waals surface area contributed by atoms with E-state index in [1.54, 1.807) is 38.5 Å². The Kier molecular flexibility index (Phi) is 8.77. The molecule has 9 nitrogen and oxygen atoms in total. The third-order valence-electron chi connectivity index (χ3n) is 5.76. The largest absolute Gasteiger partial charge is 0.493 e. The van der Waals surface area contributed by atoms with E-state index in [2.05, 4.69) is 27.6 Å². The average molecular weight is 650 g/mol. The highest BCUT2D eigenvalue weighted by Gasteiger charge is 2.31. The lowest BCUT2D eigenvalue weighted by Crippen LogP contribution is -2.39. The summed E-state index contributed by atoms with van der Waals surface area (Å²) in [6.45, 7) is 4.66. The molecule has 0 bridgehead atoms. The number of nitrogens with zero attached hydrogens (tertiary/aromatic N) is 2. The number of carbonyl (C=O) groups excluding carboxylic acids is 1. The highest BCUT2D eigenvalue weighted by atomic mass is 127. The number of rotatable bonds is 9. The number of hydrogen-bond donors (Lipinski definition) is 0. The summed E-state index contributed by atoms with van der Waals surface area (Å²) in [6.07, 6.45) is 3.23. The van der Waals surface area contributed by atoms with Crippen molar-refractivity contribution in [3.05, 3.63) is 76.5 Å². The van der Waals surface area contributed by atoms with Crippen molar-refractivity contribution in [2.24, 2.45) is 4.99 Å². The minimum atomic E-state index is -0.763. The van der Waals surface area contributed by atoms with Crippen LogP contribution in [-0.2, 0) is 9.53 Å². The van der Waals surface area contributed by atoms with E-state index < -0.39 is 12.0 Å². The SMILES string of the molecule is CCOc1ccc([C@H]2C(C(=O)OC)=CN=c3s/c(=C\c4cc(I)c(OC)c(OC)c4)c(=O)n32)cc1OCC. The van der Waals surface area contributed by atoms with E-state index in [0.29, 0.717) is 51.1 Å². The predicted molar refractivity (Wildman–Crippen MR) is 152 cm³/mol. The first-order valence-electron chi connectivity index (χ1n) is 11.8. The monoisotopic (exact) mass is 650 g/mol. The molecule has 1 aliphatic rings. The quantitative estimate of drug-likeness (QED) is 0.259. The standard InChI is InChI=1S/C27H27IN2O7S/c1-6-36-19-9-8-16(13-20(19)37-7-2)23-17(26(32)35-5)14-29-27-30(23)25(31)22(38-27)12-15-10-18(28)24(34-4)21(11-15)33-3/h8-14,23H,6-7H2,1-5H3/b22-12-/t23-/m0/s1. The molecule has 38 heavy (non-hydrogen) atoms. The molecule has 2 aromatic carbocycles. The molecule has 1 aliphatic heterocycles. The van der Waals surface area contributed by atoms with Crippen molar-refractivity contribution in [2.75, 3.05) is 34.5 Å². The van der Waals surface area contributed by atoms with Gasteiger partial charge in [0.2, 0.25) is 0 Å². The molecule has 0 unspecified atom stereocenters. The van der Waals surface area contributed by atoms with Crippen LogP contribution in [0.5, 0.6) is 23.0 Å². The summed E-state index contributed by atoms with van der Waals surface area (Å²) in [6, 6.07) is 8.32. The zero-order chi connectivity index (χ0) is 27.4. The first kappa shape index (κ1) is 27.7. The summed E-state index contributed by atoms with van der Waals surface area (Å²) in [4.78, 5) is 31.4.